The van der Waals surface area contributed by atoms with Gasteiger partial charge in [0.2, 0.25) is 11.1 Å². The van der Waals surface area contributed by atoms with Crippen molar-refractivity contribution in [3.8, 4) is 0 Å². The van der Waals surface area contributed by atoms with Crippen molar-refractivity contribution in [1.82, 2.24) is 24.6 Å². The lowest BCUT2D eigenvalue weighted by atomic mass is 10.2. The molecule has 0 aliphatic carbocycles. The summed E-state index contributed by atoms with van der Waals surface area (Å²) in [6, 6.07) is 12.5. The average Bonchev–Trinajstić information content (AvgIpc) is 3.49. The van der Waals surface area contributed by atoms with E-state index in [1.807, 2.05) is 17.0 Å². The summed E-state index contributed by atoms with van der Waals surface area (Å²) in [6.07, 6.45) is 2.09. The van der Waals surface area contributed by atoms with E-state index in [2.05, 4.69) is 51.3 Å². The lowest BCUT2D eigenvalue weighted by Crippen LogP contribution is -2.31. The first-order valence-corrected chi connectivity index (χ1v) is 11.7. The molecule has 1 aliphatic rings. The van der Waals surface area contributed by atoms with Crippen molar-refractivity contribution in [3.63, 3.8) is 0 Å². The van der Waals surface area contributed by atoms with Crippen LogP contribution in [0.3, 0.4) is 0 Å². The maximum Gasteiger partial charge on any atom is 0.233 e. The third-order valence-corrected chi connectivity index (χ3v) is 7.24. The standard InChI is InChI=1S/C21H21N5OS2/c1-2-25-15-8-4-3-7-14(15)19-20(25)22-21(24-23-19)29-13-18(27)26-11-5-9-16(26)17-10-6-12-28-17/h3-4,6-8,10,12,16H,2,5,9,11,13H2,1H3/t16-/m0/s1. The maximum absolute atomic E-state index is 12.9. The number of hydrogen-bond donors (Lipinski definition) is 0. The summed E-state index contributed by atoms with van der Waals surface area (Å²) in [5, 5.41) is 12.4. The molecule has 0 radical (unpaired) electrons. The molecular formula is C21H21N5OS2. The van der Waals surface area contributed by atoms with Crippen LogP contribution in [0.15, 0.2) is 46.9 Å². The predicted octanol–water partition coefficient (Wildman–Crippen LogP) is 4.52. The van der Waals surface area contributed by atoms with Crippen molar-refractivity contribution < 1.29 is 4.79 Å². The molecule has 0 bridgehead atoms. The zero-order valence-electron chi connectivity index (χ0n) is 16.1. The minimum Gasteiger partial charge on any atom is -0.334 e. The molecule has 1 atom stereocenters. The molecule has 1 aromatic carbocycles. The molecule has 8 heteroatoms. The van der Waals surface area contributed by atoms with Crippen LogP contribution in [0, 0.1) is 0 Å². The summed E-state index contributed by atoms with van der Waals surface area (Å²) >= 11 is 3.10. The van der Waals surface area contributed by atoms with E-state index >= 15 is 0 Å². The summed E-state index contributed by atoms with van der Waals surface area (Å²) in [6.45, 7) is 3.73. The molecule has 0 spiro atoms. The fraction of sp³-hybridized carbons (Fsp3) is 0.333. The normalized spacial score (nSPS) is 16.9. The highest BCUT2D eigenvalue weighted by molar-refractivity contribution is 7.99. The first-order chi connectivity index (χ1) is 14.3. The number of para-hydroxylation sites is 1. The Balaban J connectivity index is 1.37. The Morgan fingerprint density at radius 1 is 1.24 bits per heavy atom. The molecule has 148 valence electrons. The number of fused-ring (bicyclic) bond motifs is 3. The number of carbonyl (C=O) groups excluding carboxylic acids is 1. The van der Waals surface area contributed by atoms with Crippen molar-refractivity contribution in [1.29, 1.82) is 0 Å². The van der Waals surface area contributed by atoms with Crippen LogP contribution in [0.4, 0.5) is 0 Å². The van der Waals surface area contributed by atoms with Crippen molar-refractivity contribution in [2.45, 2.75) is 37.5 Å². The van der Waals surface area contributed by atoms with Crippen LogP contribution >= 0.6 is 23.1 Å². The topological polar surface area (TPSA) is 63.9 Å². The molecule has 1 aliphatic heterocycles. The molecule has 4 heterocycles. The van der Waals surface area contributed by atoms with Crippen molar-refractivity contribution in [2.75, 3.05) is 12.3 Å². The van der Waals surface area contributed by atoms with Gasteiger partial charge in [0.25, 0.3) is 0 Å². The lowest BCUT2D eigenvalue weighted by molar-refractivity contribution is -0.129. The summed E-state index contributed by atoms with van der Waals surface area (Å²) in [5.41, 5.74) is 2.76. The third kappa shape index (κ3) is 3.30. The van der Waals surface area contributed by atoms with Crippen LogP contribution in [-0.4, -0.2) is 42.9 Å². The molecule has 1 fully saturated rings. The van der Waals surface area contributed by atoms with Crippen LogP contribution < -0.4 is 0 Å². The Bertz CT molecular complexity index is 1170. The zero-order chi connectivity index (χ0) is 19.8. The summed E-state index contributed by atoms with van der Waals surface area (Å²) in [5.74, 6) is 0.479. The first kappa shape index (κ1) is 18.6. The van der Waals surface area contributed by atoms with Crippen molar-refractivity contribution in [2.24, 2.45) is 0 Å². The fourth-order valence-corrected chi connectivity index (χ4v) is 5.66. The number of aryl methyl sites for hydroxylation is 1. The van der Waals surface area contributed by atoms with E-state index in [1.54, 1.807) is 11.3 Å². The Morgan fingerprint density at radius 2 is 2.14 bits per heavy atom. The van der Waals surface area contributed by atoms with Gasteiger partial charge in [-0.2, -0.15) is 0 Å². The van der Waals surface area contributed by atoms with Gasteiger partial charge in [0.15, 0.2) is 5.65 Å². The Kier molecular flexibility index (Phi) is 4.97. The van der Waals surface area contributed by atoms with Crippen LogP contribution in [-0.2, 0) is 11.3 Å². The van der Waals surface area contributed by atoms with E-state index in [9.17, 15) is 4.79 Å². The van der Waals surface area contributed by atoms with E-state index in [1.165, 1.54) is 16.6 Å². The summed E-state index contributed by atoms with van der Waals surface area (Å²) < 4.78 is 2.15. The Hall–Kier alpha value is -2.45. The SMILES string of the molecule is CCn1c2ccccc2c2nnc(SCC(=O)N3CCC[C@H]3c3cccs3)nc21. The van der Waals surface area contributed by atoms with Gasteiger partial charge in [0.05, 0.1) is 17.3 Å². The second-order valence-electron chi connectivity index (χ2n) is 7.08. The number of aromatic nitrogens is 4. The summed E-state index contributed by atoms with van der Waals surface area (Å²) in [7, 11) is 0. The van der Waals surface area contributed by atoms with Gasteiger partial charge in [-0.05, 0) is 37.3 Å². The van der Waals surface area contributed by atoms with E-state index in [0.29, 0.717) is 10.9 Å². The summed E-state index contributed by atoms with van der Waals surface area (Å²) in [4.78, 5) is 20.9. The number of rotatable bonds is 5. The van der Waals surface area contributed by atoms with Crippen LogP contribution in [0.2, 0.25) is 0 Å². The number of amides is 1. The van der Waals surface area contributed by atoms with Gasteiger partial charge in [0.1, 0.15) is 5.52 Å². The molecule has 1 saturated heterocycles. The largest absolute Gasteiger partial charge is 0.334 e. The minimum atomic E-state index is 0.144. The molecule has 0 saturated carbocycles. The second kappa shape index (κ2) is 7.76. The van der Waals surface area contributed by atoms with Gasteiger partial charge in [-0.15, -0.1) is 21.5 Å². The van der Waals surface area contributed by atoms with Gasteiger partial charge in [-0.3, -0.25) is 4.79 Å². The van der Waals surface area contributed by atoms with Crippen molar-refractivity contribution in [3.05, 3.63) is 46.7 Å². The van der Waals surface area contributed by atoms with Crippen LogP contribution in [0.5, 0.6) is 0 Å². The highest BCUT2D eigenvalue weighted by Crippen LogP contribution is 2.35. The lowest BCUT2D eigenvalue weighted by Gasteiger charge is -2.23. The molecule has 6 nitrogen and oxygen atoms in total. The second-order valence-corrected chi connectivity index (χ2v) is 9.00. The number of likely N-dealkylation sites (tertiary alicyclic amines) is 1. The van der Waals surface area contributed by atoms with Crippen molar-refractivity contribution >= 4 is 51.1 Å². The molecular weight excluding hydrogens is 402 g/mol. The third-order valence-electron chi connectivity index (χ3n) is 5.44. The number of thioether (sulfide) groups is 1. The van der Waals surface area contributed by atoms with Gasteiger partial charge < -0.3 is 9.47 Å². The number of hydrogen-bond acceptors (Lipinski definition) is 6. The molecule has 1 amide bonds. The first-order valence-electron chi connectivity index (χ1n) is 9.83. The molecule has 0 N–H and O–H groups in total. The fourth-order valence-electron chi connectivity index (χ4n) is 4.12. The van der Waals surface area contributed by atoms with Crippen LogP contribution in [0.25, 0.3) is 22.1 Å². The Morgan fingerprint density at radius 3 is 2.97 bits per heavy atom. The number of thiophene rings is 1. The molecule has 3 aromatic heterocycles. The smallest absolute Gasteiger partial charge is 0.233 e. The quantitative estimate of drug-likeness (QED) is 0.442. The van der Waals surface area contributed by atoms with Gasteiger partial charge in [-0.25, -0.2) is 4.98 Å². The zero-order valence-corrected chi connectivity index (χ0v) is 17.7. The van der Waals surface area contributed by atoms with Crippen LogP contribution in [0.1, 0.15) is 30.7 Å². The monoisotopic (exact) mass is 423 g/mol. The molecule has 29 heavy (non-hydrogen) atoms. The predicted molar refractivity (Wildman–Crippen MR) is 117 cm³/mol. The minimum absolute atomic E-state index is 0.144. The maximum atomic E-state index is 12.9. The number of nitrogens with zero attached hydrogens (tertiary/aromatic N) is 5. The van der Waals surface area contributed by atoms with Gasteiger partial charge in [0, 0.05) is 23.4 Å². The number of benzene rings is 1. The van der Waals surface area contributed by atoms with E-state index in [0.717, 1.165) is 48.0 Å². The molecule has 5 rings (SSSR count). The van der Waals surface area contributed by atoms with E-state index in [4.69, 9.17) is 4.98 Å². The molecule has 0 unspecified atom stereocenters. The molecule has 4 aromatic rings. The highest BCUT2D eigenvalue weighted by Gasteiger charge is 2.30. The Labute approximate surface area is 176 Å². The van der Waals surface area contributed by atoms with E-state index in [-0.39, 0.29) is 11.9 Å². The highest BCUT2D eigenvalue weighted by atomic mass is 32.2. The van der Waals surface area contributed by atoms with Gasteiger partial charge >= 0.3 is 0 Å². The van der Waals surface area contributed by atoms with Gasteiger partial charge in [-0.1, -0.05) is 36.0 Å². The number of carbonyl (C=O) groups is 1. The van der Waals surface area contributed by atoms with E-state index < -0.39 is 0 Å². The average molecular weight is 424 g/mol.